The number of carbonyl (C=O) groups excluding carboxylic acids is 1. The van der Waals surface area contributed by atoms with Crippen LogP contribution in [0.1, 0.15) is 25.5 Å². The van der Waals surface area contributed by atoms with Crippen LogP contribution < -0.4 is 5.32 Å². The molecular weight excluding hydrogens is 264 g/mol. The molecule has 1 heterocycles. The van der Waals surface area contributed by atoms with Gasteiger partial charge in [0, 0.05) is 17.3 Å². The largest absolute Gasteiger partial charge is 0.356 e. The average Bonchev–Trinajstić information content (AvgIpc) is 2.82. The summed E-state index contributed by atoms with van der Waals surface area (Å²) >= 11 is 5.70. The highest BCUT2D eigenvalue weighted by molar-refractivity contribution is 6.17. The van der Waals surface area contributed by atoms with Gasteiger partial charge in [-0.3, -0.25) is 4.79 Å². The number of fused-ring (bicyclic) bond motifs is 1. The standard InChI is InChI=1S/C14H17ClN2O2/c1-2-10(7-8-15)16-14(18)9-12-11-5-3-4-6-13(11)19-17-12/h3-6,10H,2,7-9H2,1H3,(H,16,18). The molecule has 1 N–H and O–H groups in total. The van der Waals surface area contributed by atoms with Gasteiger partial charge in [-0.2, -0.15) is 0 Å². The van der Waals surface area contributed by atoms with Crippen molar-refractivity contribution >= 4 is 28.5 Å². The van der Waals surface area contributed by atoms with Crippen molar-refractivity contribution in [3.63, 3.8) is 0 Å². The molecule has 2 rings (SSSR count). The van der Waals surface area contributed by atoms with E-state index in [2.05, 4.69) is 10.5 Å². The van der Waals surface area contributed by atoms with Crippen LogP contribution in [-0.4, -0.2) is 23.0 Å². The Morgan fingerprint density at radius 1 is 1.47 bits per heavy atom. The number of carbonyl (C=O) groups is 1. The van der Waals surface area contributed by atoms with E-state index in [0.717, 1.165) is 18.2 Å². The smallest absolute Gasteiger partial charge is 0.226 e. The minimum absolute atomic E-state index is 0.0454. The number of para-hydroxylation sites is 1. The predicted octanol–water partition coefficient (Wildman–Crippen LogP) is 2.89. The van der Waals surface area contributed by atoms with E-state index in [1.165, 1.54) is 0 Å². The third kappa shape index (κ3) is 3.47. The molecule has 0 aliphatic carbocycles. The summed E-state index contributed by atoms with van der Waals surface area (Å²) in [5.74, 6) is 0.502. The maximum absolute atomic E-state index is 12.0. The van der Waals surface area contributed by atoms with Crippen molar-refractivity contribution in [2.75, 3.05) is 5.88 Å². The quantitative estimate of drug-likeness (QED) is 0.828. The van der Waals surface area contributed by atoms with Crippen molar-refractivity contribution in [2.45, 2.75) is 32.2 Å². The molecule has 0 fully saturated rings. The van der Waals surface area contributed by atoms with E-state index in [1.807, 2.05) is 31.2 Å². The molecule has 1 atom stereocenters. The highest BCUT2D eigenvalue weighted by Gasteiger charge is 2.14. The predicted molar refractivity (Wildman–Crippen MR) is 75.3 cm³/mol. The highest BCUT2D eigenvalue weighted by Crippen LogP contribution is 2.18. The number of hydrogen-bond donors (Lipinski definition) is 1. The first-order chi connectivity index (χ1) is 9.24. The third-order valence-electron chi connectivity index (χ3n) is 3.10. The summed E-state index contributed by atoms with van der Waals surface area (Å²) in [6, 6.07) is 7.66. The minimum Gasteiger partial charge on any atom is -0.356 e. The van der Waals surface area contributed by atoms with Crippen molar-refractivity contribution in [1.29, 1.82) is 0 Å². The fourth-order valence-corrected chi connectivity index (χ4v) is 2.27. The van der Waals surface area contributed by atoms with E-state index < -0.39 is 0 Å². The van der Waals surface area contributed by atoms with Gasteiger partial charge in [0.2, 0.25) is 5.91 Å². The van der Waals surface area contributed by atoms with Crippen LogP contribution in [0.2, 0.25) is 0 Å². The van der Waals surface area contributed by atoms with E-state index >= 15 is 0 Å². The summed E-state index contributed by atoms with van der Waals surface area (Å²) in [4.78, 5) is 12.0. The van der Waals surface area contributed by atoms with Crippen LogP contribution in [0.3, 0.4) is 0 Å². The lowest BCUT2D eigenvalue weighted by Gasteiger charge is -2.14. The van der Waals surface area contributed by atoms with Crippen LogP contribution in [0.25, 0.3) is 11.0 Å². The second kappa shape index (κ2) is 6.57. The van der Waals surface area contributed by atoms with E-state index in [0.29, 0.717) is 17.2 Å². The maximum Gasteiger partial charge on any atom is 0.226 e. The zero-order chi connectivity index (χ0) is 13.7. The van der Waals surface area contributed by atoms with Crippen LogP contribution in [0.4, 0.5) is 0 Å². The fraction of sp³-hybridized carbons (Fsp3) is 0.429. The first kappa shape index (κ1) is 13.9. The topological polar surface area (TPSA) is 55.1 Å². The molecule has 0 bridgehead atoms. The highest BCUT2D eigenvalue weighted by atomic mass is 35.5. The van der Waals surface area contributed by atoms with Gasteiger partial charge in [0.05, 0.1) is 6.42 Å². The van der Waals surface area contributed by atoms with Gasteiger partial charge in [0.1, 0.15) is 5.69 Å². The molecule has 1 amide bonds. The number of hydrogen-bond acceptors (Lipinski definition) is 3. The number of rotatable bonds is 6. The molecule has 0 aliphatic rings. The van der Waals surface area contributed by atoms with Gasteiger partial charge in [0.25, 0.3) is 0 Å². The van der Waals surface area contributed by atoms with Gasteiger partial charge in [0.15, 0.2) is 5.58 Å². The fourth-order valence-electron chi connectivity index (χ4n) is 2.01. The Bertz CT molecular complexity index is 553. The molecule has 19 heavy (non-hydrogen) atoms. The van der Waals surface area contributed by atoms with E-state index in [9.17, 15) is 4.79 Å². The first-order valence-electron chi connectivity index (χ1n) is 6.43. The van der Waals surface area contributed by atoms with Crippen LogP contribution in [0, 0.1) is 0 Å². The molecule has 1 unspecified atom stereocenters. The summed E-state index contributed by atoms with van der Waals surface area (Å²) in [5, 5.41) is 7.81. The van der Waals surface area contributed by atoms with Gasteiger partial charge in [-0.15, -0.1) is 11.6 Å². The zero-order valence-electron chi connectivity index (χ0n) is 10.9. The summed E-state index contributed by atoms with van der Waals surface area (Å²) in [6.45, 7) is 2.03. The molecule has 0 aliphatic heterocycles. The second-order valence-electron chi connectivity index (χ2n) is 4.45. The summed E-state index contributed by atoms with van der Waals surface area (Å²) in [7, 11) is 0. The van der Waals surface area contributed by atoms with Gasteiger partial charge >= 0.3 is 0 Å². The SMILES string of the molecule is CCC(CCCl)NC(=O)Cc1noc2ccccc12. The van der Waals surface area contributed by atoms with Crippen molar-refractivity contribution < 1.29 is 9.32 Å². The molecule has 4 nitrogen and oxygen atoms in total. The van der Waals surface area contributed by atoms with Crippen LogP contribution in [0.15, 0.2) is 28.8 Å². The number of alkyl halides is 1. The second-order valence-corrected chi connectivity index (χ2v) is 4.83. The summed E-state index contributed by atoms with van der Waals surface area (Å²) < 4.78 is 5.18. The van der Waals surface area contributed by atoms with Crippen LogP contribution in [0.5, 0.6) is 0 Å². The normalized spacial score (nSPS) is 12.5. The minimum atomic E-state index is -0.0454. The lowest BCUT2D eigenvalue weighted by molar-refractivity contribution is -0.121. The van der Waals surface area contributed by atoms with E-state index in [1.54, 1.807) is 0 Å². The monoisotopic (exact) mass is 280 g/mol. The molecular formula is C14H17ClN2O2. The molecule has 0 saturated carbocycles. The number of amides is 1. The molecule has 0 radical (unpaired) electrons. The number of nitrogens with zero attached hydrogens (tertiary/aromatic N) is 1. The molecule has 5 heteroatoms. The number of halogens is 1. The Morgan fingerprint density at radius 3 is 3.00 bits per heavy atom. The Kier molecular flexibility index (Phi) is 4.80. The summed E-state index contributed by atoms with van der Waals surface area (Å²) in [5.41, 5.74) is 1.38. The molecule has 2 aromatic rings. The Morgan fingerprint density at radius 2 is 2.26 bits per heavy atom. The average molecular weight is 281 g/mol. The lowest BCUT2D eigenvalue weighted by Crippen LogP contribution is -2.35. The van der Waals surface area contributed by atoms with E-state index in [-0.39, 0.29) is 18.4 Å². The van der Waals surface area contributed by atoms with Crippen molar-refractivity contribution in [1.82, 2.24) is 10.5 Å². The van der Waals surface area contributed by atoms with Crippen LogP contribution >= 0.6 is 11.6 Å². The molecule has 0 saturated heterocycles. The first-order valence-corrected chi connectivity index (χ1v) is 6.96. The van der Waals surface area contributed by atoms with Gasteiger partial charge in [-0.05, 0) is 25.0 Å². The van der Waals surface area contributed by atoms with Crippen molar-refractivity contribution in [2.24, 2.45) is 0 Å². The number of nitrogens with one attached hydrogen (secondary N) is 1. The Balaban J connectivity index is 2.02. The number of aromatic nitrogens is 1. The third-order valence-corrected chi connectivity index (χ3v) is 3.31. The van der Waals surface area contributed by atoms with Crippen LogP contribution in [-0.2, 0) is 11.2 Å². The van der Waals surface area contributed by atoms with Gasteiger partial charge < -0.3 is 9.84 Å². The van der Waals surface area contributed by atoms with Crippen molar-refractivity contribution in [3.05, 3.63) is 30.0 Å². The molecule has 0 spiro atoms. The Labute approximate surface area is 117 Å². The molecule has 1 aromatic carbocycles. The van der Waals surface area contributed by atoms with Gasteiger partial charge in [-0.1, -0.05) is 24.2 Å². The van der Waals surface area contributed by atoms with E-state index in [4.69, 9.17) is 16.1 Å². The maximum atomic E-state index is 12.0. The molecule has 102 valence electrons. The zero-order valence-corrected chi connectivity index (χ0v) is 11.6. The lowest BCUT2D eigenvalue weighted by atomic mass is 10.1. The van der Waals surface area contributed by atoms with Crippen molar-refractivity contribution in [3.8, 4) is 0 Å². The molecule has 1 aromatic heterocycles. The number of benzene rings is 1. The Hall–Kier alpha value is -1.55. The van der Waals surface area contributed by atoms with Gasteiger partial charge in [-0.25, -0.2) is 0 Å². The summed E-state index contributed by atoms with van der Waals surface area (Å²) in [6.07, 6.45) is 1.89.